The first-order valence-corrected chi connectivity index (χ1v) is 8.40. The van der Waals surface area contributed by atoms with Crippen molar-refractivity contribution in [2.24, 2.45) is 0 Å². The average Bonchev–Trinajstić information content (AvgIpc) is 2.57. The molecule has 0 heterocycles. The number of benzene rings is 2. The van der Waals surface area contributed by atoms with E-state index in [4.69, 9.17) is 5.26 Å². The number of amides is 1. The lowest BCUT2D eigenvalue weighted by molar-refractivity contribution is -0.137. The monoisotopic (exact) mass is 471 g/mol. The SMILES string of the molecule is Cc1cc(I)ccc1NC(=O)/C(C#N)=C\Nc1ccc(C(F)(F)F)cc1. The molecule has 26 heavy (non-hydrogen) atoms. The van der Waals surface area contributed by atoms with Crippen molar-refractivity contribution >= 4 is 39.9 Å². The second-order valence-electron chi connectivity index (χ2n) is 5.30. The molecule has 0 aliphatic heterocycles. The molecular formula is C18H13F3IN3O. The van der Waals surface area contributed by atoms with Gasteiger partial charge in [0.1, 0.15) is 11.6 Å². The maximum absolute atomic E-state index is 12.5. The van der Waals surface area contributed by atoms with Gasteiger partial charge in [-0.25, -0.2) is 0 Å². The number of hydrogen-bond acceptors (Lipinski definition) is 3. The Kier molecular flexibility index (Phi) is 6.26. The summed E-state index contributed by atoms with van der Waals surface area (Å²) < 4.78 is 38.6. The Morgan fingerprint density at radius 1 is 1.19 bits per heavy atom. The lowest BCUT2D eigenvalue weighted by Crippen LogP contribution is -2.15. The van der Waals surface area contributed by atoms with Crippen LogP contribution in [0.25, 0.3) is 0 Å². The van der Waals surface area contributed by atoms with Crippen LogP contribution in [0, 0.1) is 21.8 Å². The Balaban J connectivity index is 2.09. The number of alkyl halides is 3. The third-order valence-corrected chi connectivity index (χ3v) is 4.07. The van der Waals surface area contributed by atoms with Crippen LogP contribution < -0.4 is 10.6 Å². The zero-order valence-corrected chi connectivity index (χ0v) is 15.6. The first-order chi connectivity index (χ1) is 12.2. The Hall–Kier alpha value is -2.54. The third kappa shape index (κ3) is 5.23. The van der Waals surface area contributed by atoms with Crippen molar-refractivity contribution in [2.45, 2.75) is 13.1 Å². The molecule has 0 fully saturated rings. The molecule has 8 heteroatoms. The second-order valence-corrected chi connectivity index (χ2v) is 6.55. The van der Waals surface area contributed by atoms with Crippen molar-refractivity contribution in [3.8, 4) is 6.07 Å². The van der Waals surface area contributed by atoms with Crippen LogP contribution in [0.5, 0.6) is 0 Å². The summed E-state index contributed by atoms with van der Waals surface area (Å²) >= 11 is 2.15. The molecule has 0 spiro atoms. The van der Waals surface area contributed by atoms with Crippen LogP contribution in [0.1, 0.15) is 11.1 Å². The predicted molar refractivity (Wildman–Crippen MR) is 101 cm³/mol. The van der Waals surface area contributed by atoms with Gasteiger partial charge in [-0.1, -0.05) is 0 Å². The van der Waals surface area contributed by atoms with Crippen molar-refractivity contribution < 1.29 is 18.0 Å². The lowest BCUT2D eigenvalue weighted by Gasteiger charge is -2.09. The highest BCUT2D eigenvalue weighted by Gasteiger charge is 2.29. The number of nitrogens with zero attached hydrogens (tertiary/aromatic N) is 1. The van der Waals surface area contributed by atoms with E-state index in [0.717, 1.165) is 27.5 Å². The summed E-state index contributed by atoms with van der Waals surface area (Å²) in [6, 6.07) is 11.5. The number of aryl methyl sites for hydroxylation is 1. The van der Waals surface area contributed by atoms with Crippen LogP contribution in [0.3, 0.4) is 0 Å². The third-order valence-electron chi connectivity index (χ3n) is 3.40. The molecule has 134 valence electrons. The van der Waals surface area contributed by atoms with Gasteiger partial charge in [-0.3, -0.25) is 4.79 Å². The van der Waals surface area contributed by atoms with Crippen molar-refractivity contribution in [3.63, 3.8) is 0 Å². The maximum Gasteiger partial charge on any atom is 0.416 e. The molecule has 0 unspecified atom stereocenters. The summed E-state index contributed by atoms with van der Waals surface area (Å²) in [4.78, 5) is 12.2. The van der Waals surface area contributed by atoms with Crippen LogP contribution in [0.4, 0.5) is 24.5 Å². The van der Waals surface area contributed by atoms with Crippen molar-refractivity contribution in [1.82, 2.24) is 0 Å². The van der Waals surface area contributed by atoms with E-state index in [-0.39, 0.29) is 5.57 Å². The van der Waals surface area contributed by atoms with E-state index in [0.29, 0.717) is 11.4 Å². The summed E-state index contributed by atoms with van der Waals surface area (Å²) in [5.74, 6) is -0.615. The summed E-state index contributed by atoms with van der Waals surface area (Å²) in [7, 11) is 0. The first kappa shape index (κ1) is 19.8. The lowest BCUT2D eigenvalue weighted by atomic mass is 10.2. The van der Waals surface area contributed by atoms with Crippen LogP contribution in [0.2, 0.25) is 0 Å². The van der Waals surface area contributed by atoms with Gasteiger partial charge in [0.2, 0.25) is 0 Å². The van der Waals surface area contributed by atoms with Crippen molar-refractivity contribution in [1.29, 1.82) is 5.26 Å². The summed E-state index contributed by atoms with van der Waals surface area (Å²) in [6.45, 7) is 1.83. The molecule has 0 aliphatic rings. The fourth-order valence-electron chi connectivity index (χ4n) is 2.02. The van der Waals surface area contributed by atoms with Crippen LogP contribution in [-0.2, 0) is 11.0 Å². The number of carbonyl (C=O) groups excluding carboxylic acids is 1. The maximum atomic E-state index is 12.5. The molecular weight excluding hydrogens is 458 g/mol. The van der Waals surface area contributed by atoms with E-state index >= 15 is 0 Å². The van der Waals surface area contributed by atoms with E-state index in [2.05, 4.69) is 33.2 Å². The topological polar surface area (TPSA) is 64.9 Å². The Labute approximate surface area is 161 Å². The molecule has 0 saturated heterocycles. The molecule has 0 aromatic heterocycles. The molecule has 0 aliphatic carbocycles. The molecule has 0 saturated carbocycles. The van der Waals surface area contributed by atoms with Gasteiger partial charge in [0, 0.05) is 21.1 Å². The number of halogens is 4. The van der Waals surface area contributed by atoms with E-state index in [1.54, 1.807) is 12.1 Å². The van der Waals surface area contributed by atoms with Gasteiger partial charge in [0.05, 0.1) is 5.56 Å². The van der Waals surface area contributed by atoms with Gasteiger partial charge in [-0.05, 0) is 77.5 Å². The summed E-state index contributed by atoms with van der Waals surface area (Å²) in [5, 5.41) is 14.4. The second kappa shape index (κ2) is 8.23. The normalized spacial score (nSPS) is 11.6. The average molecular weight is 471 g/mol. The predicted octanol–water partition coefficient (Wildman–Crippen LogP) is 5.08. The van der Waals surface area contributed by atoms with Crippen LogP contribution in [-0.4, -0.2) is 5.91 Å². The van der Waals surface area contributed by atoms with Crippen molar-refractivity contribution in [3.05, 3.63) is 68.9 Å². The molecule has 0 bridgehead atoms. The quantitative estimate of drug-likeness (QED) is 0.372. The Bertz CT molecular complexity index is 884. The fraction of sp³-hybridized carbons (Fsp3) is 0.111. The van der Waals surface area contributed by atoms with Gasteiger partial charge < -0.3 is 10.6 Å². The summed E-state index contributed by atoms with van der Waals surface area (Å²) in [5.41, 5.74) is 0.760. The minimum atomic E-state index is -4.42. The van der Waals surface area contributed by atoms with E-state index in [1.807, 2.05) is 19.1 Å². The number of nitriles is 1. The molecule has 2 N–H and O–H groups in total. The van der Waals surface area contributed by atoms with Gasteiger partial charge >= 0.3 is 6.18 Å². The standard InChI is InChI=1S/C18H13F3IN3O/c1-11-8-14(22)4-7-16(11)25-17(26)12(9-23)10-24-15-5-2-13(3-6-15)18(19,20)21/h2-8,10,24H,1H3,(H,25,26)/b12-10-. The minimum absolute atomic E-state index is 0.206. The van der Waals surface area contributed by atoms with Crippen LogP contribution in [0.15, 0.2) is 54.2 Å². The Morgan fingerprint density at radius 2 is 1.85 bits per heavy atom. The molecule has 4 nitrogen and oxygen atoms in total. The van der Waals surface area contributed by atoms with Crippen LogP contribution >= 0.6 is 22.6 Å². The van der Waals surface area contributed by atoms with Gasteiger partial charge in [-0.15, -0.1) is 0 Å². The number of carbonyl (C=O) groups is 1. The van der Waals surface area contributed by atoms with Gasteiger partial charge in [-0.2, -0.15) is 18.4 Å². The highest BCUT2D eigenvalue weighted by molar-refractivity contribution is 14.1. The summed E-state index contributed by atoms with van der Waals surface area (Å²) in [6.07, 6.45) is -3.27. The number of nitrogens with one attached hydrogen (secondary N) is 2. The molecule has 2 aromatic carbocycles. The number of hydrogen-bond donors (Lipinski definition) is 2. The van der Waals surface area contributed by atoms with E-state index in [1.165, 1.54) is 12.1 Å². The van der Waals surface area contributed by atoms with Gasteiger partial charge in [0.15, 0.2) is 0 Å². The molecule has 0 radical (unpaired) electrons. The smallest absolute Gasteiger partial charge is 0.360 e. The zero-order chi connectivity index (χ0) is 19.3. The minimum Gasteiger partial charge on any atom is -0.360 e. The largest absolute Gasteiger partial charge is 0.416 e. The highest BCUT2D eigenvalue weighted by Crippen LogP contribution is 2.29. The first-order valence-electron chi connectivity index (χ1n) is 7.32. The Morgan fingerprint density at radius 3 is 2.38 bits per heavy atom. The fourth-order valence-corrected chi connectivity index (χ4v) is 2.66. The molecule has 1 amide bonds. The molecule has 0 atom stereocenters. The number of anilines is 2. The molecule has 2 aromatic rings. The van der Waals surface area contributed by atoms with E-state index < -0.39 is 17.6 Å². The zero-order valence-electron chi connectivity index (χ0n) is 13.5. The van der Waals surface area contributed by atoms with E-state index in [9.17, 15) is 18.0 Å². The molecule has 2 rings (SSSR count). The van der Waals surface area contributed by atoms with Crippen molar-refractivity contribution in [2.75, 3.05) is 10.6 Å². The van der Waals surface area contributed by atoms with Gasteiger partial charge in [0.25, 0.3) is 5.91 Å². The number of rotatable bonds is 4. The highest BCUT2D eigenvalue weighted by atomic mass is 127.